The summed E-state index contributed by atoms with van der Waals surface area (Å²) in [5.74, 6) is 0.246. The molecule has 3 aromatic carbocycles. The van der Waals surface area contributed by atoms with Crippen molar-refractivity contribution in [1.82, 2.24) is 24.6 Å². The first kappa shape index (κ1) is 40.9. The highest BCUT2D eigenvalue weighted by molar-refractivity contribution is 5.95. The van der Waals surface area contributed by atoms with Gasteiger partial charge in [-0.05, 0) is 58.7 Å². The van der Waals surface area contributed by atoms with Crippen LogP contribution in [0.25, 0.3) is 6.08 Å². The number of piperazine rings is 2. The van der Waals surface area contributed by atoms with Crippen molar-refractivity contribution in [2.24, 2.45) is 0 Å². The first-order chi connectivity index (χ1) is 27.7. The van der Waals surface area contributed by atoms with Gasteiger partial charge in [0, 0.05) is 122 Å². The van der Waals surface area contributed by atoms with Gasteiger partial charge in [0.05, 0.1) is 13.7 Å². The molecule has 3 amide bonds. The number of pyridine rings is 1. The normalized spacial score (nSPS) is 15.4. The molecule has 2 aliphatic rings. The number of ether oxygens (including phenoxy) is 1. The molecule has 3 heterocycles. The molecule has 12 nitrogen and oxygen atoms in total. The molecule has 300 valence electrons. The van der Waals surface area contributed by atoms with Crippen molar-refractivity contribution in [2.75, 3.05) is 89.5 Å². The Morgan fingerprint density at radius 1 is 0.807 bits per heavy atom. The number of likely N-dealkylation sites (N-methyl/N-ethyl adjacent to an activating group) is 1. The van der Waals surface area contributed by atoms with Crippen molar-refractivity contribution >= 4 is 35.2 Å². The van der Waals surface area contributed by atoms with E-state index >= 15 is 0 Å². The number of hydrogen-bond donors (Lipinski definition) is 1. The Hall–Kier alpha value is -5.72. The zero-order valence-electron chi connectivity index (χ0n) is 33.4. The van der Waals surface area contributed by atoms with Crippen LogP contribution in [0.3, 0.4) is 0 Å². The van der Waals surface area contributed by atoms with Gasteiger partial charge in [-0.3, -0.25) is 19.3 Å². The molecule has 2 saturated heterocycles. The fraction of sp³-hybridized carbons (Fsp3) is 0.378. The van der Waals surface area contributed by atoms with Crippen LogP contribution in [0.2, 0.25) is 0 Å². The van der Waals surface area contributed by atoms with Crippen LogP contribution >= 0.6 is 0 Å². The van der Waals surface area contributed by atoms with E-state index in [0.717, 1.165) is 60.8 Å². The summed E-state index contributed by atoms with van der Waals surface area (Å²) >= 11 is 0. The van der Waals surface area contributed by atoms with Gasteiger partial charge in [-0.15, -0.1) is 0 Å². The van der Waals surface area contributed by atoms with Crippen LogP contribution < -0.4 is 14.5 Å². The molecule has 4 aromatic rings. The van der Waals surface area contributed by atoms with Gasteiger partial charge >= 0.3 is 0 Å². The highest BCUT2D eigenvalue weighted by Gasteiger charge is 2.34. The van der Waals surface area contributed by atoms with E-state index in [1.807, 2.05) is 70.3 Å². The molecule has 0 bridgehead atoms. The third-order valence-electron chi connectivity index (χ3n) is 10.9. The molecule has 57 heavy (non-hydrogen) atoms. The lowest BCUT2D eigenvalue weighted by atomic mass is 10.0. The number of methoxy groups -OCH3 is 1. The summed E-state index contributed by atoms with van der Waals surface area (Å²) in [5, 5.41) is 9.30. The molecule has 1 aromatic heterocycles. The summed E-state index contributed by atoms with van der Waals surface area (Å²) in [7, 11) is 3.52. The quantitative estimate of drug-likeness (QED) is 0.178. The molecular weight excluding hydrogens is 719 g/mol. The van der Waals surface area contributed by atoms with Crippen molar-refractivity contribution in [3.05, 3.63) is 126 Å². The zero-order chi connectivity index (χ0) is 40.1. The molecule has 0 aliphatic carbocycles. The summed E-state index contributed by atoms with van der Waals surface area (Å²) in [6.45, 7) is 8.74. The molecule has 6 rings (SSSR count). The van der Waals surface area contributed by atoms with Gasteiger partial charge in [0.15, 0.2) is 0 Å². The first-order valence-corrected chi connectivity index (χ1v) is 19.7. The molecule has 1 atom stereocenters. The van der Waals surface area contributed by atoms with Crippen LogP contribution in [0.4, 0.5) is 11.4 Å². The number of carbonyl (C=O) groups is 3. The average Bonchev–Trinajstić information content (AvgIpc) is 3.25. The van der Waals surface area contributed by atoms with E-state index in [1.165, 1.54) is 11.6 Å². The number of rotatable bonds is 15. The minimum atomic E-state index is -0.743. The number of benzene rings is 3. The second kappa shape index (κ2) is 19.9. The number of aliphatic hydroxyl groups excluding tert-OH is 1. The Morgan fingerprint density at radius 2 is 1.47 bits per heavy atom. The molecule has 12 heteroatoms. The van der Waals surface area contributed by atoms with Crippen molar-refractivity contribution < 1.29 is 24.2 Å². The van der Waals surface area contributed by atoms with Crippen molar-refractivity contribution in [3.8, 4) is 5.88 Å². The van der Waals surface area contributed by atoms with Gasteiger partial charge in [0.25, 0.3) is 0 Å². The van der Waals surface area contributed by atoms with Gasteiger partial charge < -0.3 is 34.3 Å². The highest BCUT2D eigenvalue weighted by Crippen LogP contribution is 2.23. The van der Waals surface area contributed by atoms with E-state index in [2.05, 4.69) is 51.2 Å². The van der Waals surface area contributed by atoms with Crippen LogP contribution in [0.1, 0.15) is 29.2 Å². The van der Waals surface area contributed by atoms with Gasteiger partial charge in [0.1, 0.15) is 6.04 Å². The van der Waals surface area contributed by atoms with Gasteiger partial charge in [-0.25, -0.2) is 4.98 Å². The van der Waals surface area contributed by atoms with Crippen LogP contribution in [0, 0.1) is 0 Å². The number of aromatic nitrogens is 1. The predicted octanol–water partition coefficient (Wildman–Crippen LogP) is 4.18. The van der Waals surface area contributed by atoms with Crippen LogP contribution in [0.15, 0.2) is 103 Å². The Bertz CT molecular complexity index is 1920. The summed E-state index contributed by atoms with van der Waals surface area (Å²) < 4.78 is 5.21. The number of amides is 3. The van der Waals surface area contributed by atoms with E-state index in [0.29, 0.717) is 45.0 Å². The van der Waals surface area contributed by atoms with Crippen molar-refractivity contribution in [1.29, 1.82) is 0 Å². The van der Waals surface area contributed by atoms with E-state index in [9.17, 15) is 19.5 Å². The largest absolute Gasteiger partial charge is 0.481 e. The second-order valence-corrected chi connectivity index (χ2v) is 14.7. The van der Waals surface area contributed by atoms with Gasteiger partial charge in [-0.2, -0.15) is 0 Å². The molecule has 0 saturated carbocycles. The molecule has 2 aliphatic heterocycles. The van der Waals surface area contributed by atoms with Crippen LogP contribution in [-0.4, -0.2) is 133 Å². The standard InChI is InChI=1S/C45H55N7O5/c1-35(54)49-25-27-50(28-26-49)41-17-11-39(12-18-41)34-52(44(55)20-14-37-13-19-43(57-3)46-32-37)42(31-36-7-5-4-6-8-36)45(56)51-23-21-48(22-24-51)33-38-9-15-40(16-10-38)47(2)29-30-53/h4-20,32,42,53H,21-31,33-34H2,1-3H3. The number of carbonyl (C=O) groups excluding carboxylic acids is 3. The van der Waals surface area contributed by atoms with Gasteiger partial charge in [0.2, 0.25) is 23.6 Å². The Labute approximate surface area is 336 Å². The number of hydrogen-bond acceptors (Lipinski definition) is 9. The molecule has 0 radical (unpaired) electrons. The summed E-state index contributed by atoms with van der Waals surface area (Å²) in [4.78, 5) is 57.4. The monoisotopic (exact) mass is 773 g/mol. The number of aliphatic hydroxyl groups is 1. The fourth-order valence-corrected chi connectivity index (χ4v) is 7.40. The predicted molar refractivity (Wildman–Crippen MR) is 224 cm³/mol. The van der Waals surface area contributed by atoms with Gasteiger partial charge in [-0.1, -0.05) is 54.6 Å². The maximum atomic E-state index is 14.7. The van der Waals surface area contributed by atoms with Crippen LogP contribution in [0.5, 0.6) is 5.88 Å². The Balaban J connectivity index is 1.21. The summed E-state index contributed by atoms with van der Waals surface area (Å²) in [6.07, 6.45) is 5.28. The highest BCUT2D eigenvalue weighted by atomic mass is 16.5. The lowest BCUT2D eigenvalue weighted by Crippen LogP contribution is -2.56. The smallest absolute Gasteiger partial charge is 0.247 e. The summed E-state index contributed by atoms with van der Waals surface area (Å²) in [6, 6.07) is 29.3. The number of anilines is 2. The average molecular weight is 774 g/mol. The molecular formula is C45H55N7O5. The van der Waals surface area contributed by atoms with E-state index < -0.39 is 6.04 Å². The lowest BCUT2D eigenvalue weighted by Gasteiger charge is -2.39. The lowest BCUT2D eigenvalue weighted by molar-refractivity contribution is -0.145. The first-order valence-electron chi connectivity index (χ1n) is 19.7. The van der Waals surface area contributed by atoms with Crippen LogP contribution in [-0.2, 0) is 33.9 Å². The third kappa shape index (κ3) is 11.2. The zero-order valence-corrected chi connectivity index (χ0v) is 33.4. The molecule has 2 fully saturated rings. The minimum absolute atomic E-state index is 0.0670. The topological polar surface area (TPSA) is 113 Å². The van der Waals surface area contributed by atoms with Crippen molar-refractivity contribution in [2.45, 2.75) is 32.5 Å². The molecule has 1 N–H and O–H groups in total. The van der Waals surface area contributed by atoms with Crippen molar-refractivity contribution in [3.63, 3.8) is 0 Å². The summed E-state index contributed by atoms with van der Waals surface area (Å²) in [5.41, 5.74) is 5.95. The fourth-order valence-electron chi connectivity index (χ4n) is 7.40. The number of nitrogens with zero attached hydrogens (tertiary/aromatic N) is 7. The Morgan fingerprint density at radius 3 is 2.09 bits per heavy atom. The van der Waals surface area contributed by atoms with E-state index in [-0.39, 0.29) is 30.9 Å². The Kier molecular flexibility index (Phi) is 14.3. The molecule has 0 spiro atoms. The maximum absolute atomic E-state index is 14.7. The van der Waals surface area contributed by atoms with E-state index in [4.69, 9.17) is 4.74 Å². The SMILES string of the molecule is COc1ccc(C=CC(=O)N(Cc2ccc(N3CCN(C(C)=O)CC3)cc2)C(Cc2ccccc2)C(=O)N2CCN(Cc3ccc(N(C)CCO)cc3)CC2)cn1. The third-order valence-corrected chi connectivity index (χ3v) is 10.9. The van der Waals surface area contributed by atoms with E-state index in [1.54, 1.807) is 37.3 Å². The maximum Gasteiger partial charge on any atom is 0.247 e. The molecule has 1 unspecified atom stereocenters. The minimum Gasteiger partial charge on any atom is -0.481 e. The second-order valence-electron chi connectivity index (χ2n) is 14.7.